The maximum absolute atomic E-state index is 15.4. The van der Waals surface area contributed by atoms with E-state index >= 15 is 8.78 Å². The standard InChI is InChI=1S/C30H26F2N2O4S/c1-17-26(33-29(36)38-18(2)19-7-5-4-6-8-19)27(39-34-17)25-23(31)15-21(16-24(25)32)20-9-11-22(12-10-20)30(13-14-30)28(35)37-3/h4-12,15-16,18H,13-14H2,1-3H3,(H,33,36). The number of rotatable bonds is 7. The van der Waals surface area contributed by atoms with E-state index in [1.807, 2.05) is 30.3 Å². The summed E-state index contributed by atoms with van der Waals surface area (Å²) >= 11 is 0.889. The SMILES string of the molecule is COC(=O)C1(c2ccc(-c3cc(F)c(-c4snc(C)c4NC(=O)OC(C)c4ccccc4)c(F)c3)cc2)CC1. The zero-order chi connectivity index (χ0) is 27.7. The van der Waals surface area contributed by atoms with Gasteiger partial charge in [-0.05, 0) is 72.6 Å². The average Bonchev–Trinajstić information content (AvgIpc) is 3.68. The van der Waals surface area contributed by atoms with E-state index in [1.54, 1.807) is 38.1 Å². The minimum atomic E-state index is -0.792. The number of halogens is 2. The highest BCUT2D eigenvalue weighted by Gasteiger charge is 2.52. The number of ether oxygens (including phenoxy) is 2. The summed E-state index contributed by atoms with van der Waals surface area (Å²) in [5.74, 6) is -1.86. The van der Waals surface area contributed by atoms with Crippen LogP contribution in [-0.2, 0) is 19.7 Å². The zero-order valence-corrected chi connectivity index (χ0v) is 22.4. The van der Waals surface area contributed by atoms with E-state index in [0.29, 0.717) is 29.7 Å². The monoisotopic (exact) mass is 548 g/mol. The topological polar surface area (TPSA) is 77.5 Å². The Hall–Kier alpha value is -4.11. The first-order valence-corrected chi connectivity index (χ1v) is 13.2. The average molecular weight is 549 g/mol. The lowest BCUT2D eigenvalue weighted by atomic mass is 9.93. The minimum absolute atomic E-state index is 0.155. The van der Waals surface area contributed by atoms with Gasteiger partial charge < -0.3 is 9.47 Å². The van der Waals surface area contributed by atoms with Crippen LogP contribution in [-0.4, -0.2) is 23.5 Å². The summed E-state index contributed by atoms with van der Waals surface area (Å²) in [6, 6.07) is 18.8. The highest BCUT2D eigenvalue weighted by atomic mass is 32.1. The van der Waals surface area contributed by atoms with Gasteiger partial charge in [0.15, 0.2) is 0 Å². The van der Waals surface area contributed by atoms with E-state index in [1.165, 1.54) is 19.2 Å². The van der Waals surface area contributed by atoms with Crippen molar-refractivity contribution >= 4 is 29.3 Å². The number of nitrogens with zero attached hydrogens (tertiary/aromatic N) is 1. The molecule has 1 fully saturated rings. The number of benzene rings is 3. The van der Waals surface area contributed by atoms with Crippen LogP contribution in [0.5, 0.6) is 0 Å². The number of hydrogen-bond acceptors (Lipinski definition) is 6. The molecular formula is C30H26F2N2O4S. The fourth-order valence-electron chi connectivity index (χ4n) is 4.64. The second-order valence-electron chi connectivity index (χ2n) is 9.52. The Morgan fingerprint density at radius 2 is 1.64 bits per heavy atom. The number of methoxy groups -OCH3 is 1. The number of nitrogens with one attached hydrogen (secondary N) is 1. The third-order valence-electron chi connectivity index (χ3n) is 7.01. The molecule has 200 valence electrons. The number of carbonyl (C=O) groups excluding carboxylic acids is 2. The van der Waals surface area contributed by atoms with Gasteiger partial charge in [0.25, 0.3) is 0 Å². The van der Waals surface area contributed by atoms with Crippen molar-refractivity contribution in [3.63, 3.8) is 0 Å². The molecule has 1 saturated carbocycles. The van der Waals surface area contributed by atoms with Crippen LogP contribution in [0.3, 0.4) is 0 Å². The molecule has 1 atom stereocenters. The molecule has 4 aromatic rings. The van der Waals surface area contributed by atoms with Crippen LogP contribution >= 0.6 is 11.5 Å². The van der Waals surface area contributed by atoms with Gasteiger partial charge in [-0.25, -0.2) is 13.6 Å². The molecule has 0 aliphatic heterocycles. The van der Waals surface area contributed by atoms with Gasteiger partial charge in [0.05, 0.1) is 34.3 Å². The second kappa shape index (κ2) is 10.6. The fraction of sp³-hybridized carbons (Fsp3) is 0.233. The van der Waals surface area contributed by atoms with Crippen molar-refractivity contribution in [3.8, 4) is 21.6 Å². The van der Waals surface area contributed by atoms with Crippen molar-refractivity contribution < 1.29 is 27.8 Å². The molecule has 1 unspecified atom stereocenters. The Labute approximate surface area is 228 Å². The van der Waals surface area contributed by atoms with Gasteiger partial charge in [-0.1, -0.05) is 54.6 Å². The Morgan fingerprint density at radius 1 is 1.00 bits per heavy atom. The molecule has 39 heavy (non-hydrogen) atoms. The summed E-state index contributed by atoms with van der Waals surface area (Å²) in [5, 5.41) is 2.61. The molecule has 0 spiro atoms. The maximum atomic E-state index is 15.4. The molecule has 1 aromatic heterocycles. The fourth-order valence-corrected chi connectivity index (χ4v) is 5.54. The van der Waals surface area contributed by atoms with E-state index < -0.39 is 29.2 Å². The second-order valence-corrected chi connectivity index (χ2v) is 10.3. The third-order valence-corrected chi connectivity index (χ3v) is 7.96. The van der Waals surface area contributed by atoms with E-state index in [0.717, 1.165) is 22.7 Å². The lowest BCUT2D eigenvalue weighted by molar-refractivity contribution is -0.143. The number of aromatic nitrogens is 1. The number of hydrogen-bond donors (Lipinski definition) is 1. The maximum Gasteiger partial charge on any atom is 0.412 e. The third kappa shape index (κ3) is 5.14. The summed E-state index contributed by atoms with van der Waals surface area (Å²) in [5.41, 5.74) is 2.27. The number of amides is 1. The molecule has 1 heterocycles. The van der Waals surface area contributed by atoms with Gasteiger partial charge in [0.1, 0.15) is 17.7 Å². The Balaban J connectivity index is 1.38. The summed E-state index contributed by atoms with van der Waals surface area (Å²) in [7, 11) is 1.36. The highest BCUT2D eigenvalue weighted by molar-refractivity contribution is 7.10. The van der Waals surface area contributed by atoms with Gasteiger partial charge in [-0.15, -0.1) is 0 Å². The molecule has 1 aliphatic carbocycles. The van der Waals surface area contributed by atoms with Crippen LogP contribution in [0.4, 0.5) is 19.3 Å². The summed E-state index contributed by atoms with van der Waals surface area (Å²) in [4.78, 5) is 25.0. The molecule has 6 nitrogen and oxygen atoms in total. The van der Waals surface area contributed by atoms with E-state index in [9.17, 15) is 9.59 Å². The van der Waals surface area contributed by atoms with Crippen LogP contribution in [0.15, 0.2) is 66.7 Å². The summed E-state index contributed by atoms with van der Waals surface area (Å²) < 4.78 is 45.4. The first kappa shape index (κ1) is 26.5. The van der Waals surface area contributed by atoms with E-state index in [2.05, 4.69) is 9.69 Å². The molecule has 0 saturated heterocycles. The number of esters is 1. The van der Waals surface area contributed by atoms with Crippen molar-refractivity contribution in [2.75, 3.05) is 12.4 Å². The van der Waals surface area contributed by atoms with Crippen LogP contribution in [0.1, 0.15) is 42.7 Å². The van der Waals surface area contributed by atoms with Crippen molar-refractivity contribution in [1.29, 1.82) is 0 Å². The molecule has 1 N–H and O–H groups in total. The number of anilines is 1. The Bertz CT molecular complexity index is 1510. The molecule has 0 bridgehead atoms. The van der Waals surface area contributed by atoms with Crippen LogP contribution in [0.25, 0.3) is 21.6 Å². The van der Waals surface area contributed by atoms with Gasteiger partial charge in [-0.2, -0.15) is 4.37 Å². The molecule has 3 aromatic carbocycles. The summed E-state index contributed by atoms with van der Waals surface area (Å²) in [6.45, 7) is 3.38. The minimum Gasteiger partial charge on any atom is -0.468 e. The zero-order valence-electron chi connectivity index (χ0n) is 21.6. The van der Waals surface area contributed by atoms with Crippen LogP contribution < -0.4 is 5.32 Å². The highest BCUT2D eigenvalue weighted by Crippen LogP contribution is 2.49. The van der Waals surface area contributed by atoms with Crippen molar-refractivity contribution in [2.45, 2.75) is 38.2 Å². The van der Waals surface area contributed by atoms with Crippen molar-refractivity contribution in [1.82, 2.24) is 4.37 Å². The normalized spacial score (nSPS) is 14.4. The van der Waals surface area contributed by atoms with Gasteiger partial charge in [0, 0.05) is 0 Å². The molecule has 0 radical (unpaired) electrons. The number of aryl methyl sites for hydroxylation is 1. The number of carbonyl (C=O) groups is 2. The van der Waals surface area contributed by atoms with Gasteiger partial charge >= 0.3 is 12.1 Å². The van der Waals surface area contributed by atoms with E-state index in [4.69, 9.17) is 9.47 Å². The summed E-state index contributed by atoms with van der Waals surface area (Å²) in [6.07, 6.45) is 0.137. The van der Waals surface area contributed by atoms with Crippen molar-refractivity contribution in [3.05, 3.63) is 95.2 Å². The lowest BCUT2D eigenvalue weighted by Crippen LogP contribution is -2.21. The molecule has 1 aliphatic rings. The van der Waals surface area contributed by atoms with E-state index in [-0.39, 0.29) is 22.1 Å². The Morgan fingerprint density at radius 3 is 2.23 bits per heavy atom. The molecule has 5 rings (SSSR count). The molecular weight excluding hydrogens is 522 g/mol. The van der Waals surface area contributed by atoms with Gasteiger partial charge in [-0.3, -0.25) is 10.1 Å². The lowest BCUT2D eigenvalue weighted by Gasteiger charge is -2.15. The van der Waals surface area contributed by atoms with Crippen LogP contribution in [0.2, 0.25) is 0 Å². The Kier molecular flexibility index (Phi) is 7.18. The van der Waals surface area contributed by atoms with Crippen molar-refractivity contribution in [2.24, 2.45) is 0 Å². The van der Waals surface area contributed by atoms with Gasteiger partial charge in [0.2, 0.25) is 0 Å². The first-order valence-electron chi connectivity index (χ1n) is 12.4. The predicted molar refractivity (Wildman–Crippen MR) is 146 cm³/mol. The molecule has 1 amide bonds. The largest absolute Gasteiger partial charge is 0.468 e. The van der Waals surface area contributed by atoms with Crippen LogP contribution in [0, 0.1) is 18.6 Å². The quantitative estimate of drug-likeness (QED) is 0.241. The predicted octanol–water partition coefficient (Wildman–Crippen LogP) is 7.58. The smallest absolute Gasteiger partial charge is 0.412 e. The molecule has 9 heteroatoms. The first-order chi connectivity index (χ1) is 18.7.